The van der Waals surface area contributed by atoms with Crippen LogP contribution in [0.1, 0.15) is 62.9 Å². The first kappa shape index (κ1) is 14.9. The van der Waals surface area contributed by atoms with Gasteiger partial charge in [-0.25, -0.2) is 9.37 Å². The third-order valence-corrected chi connectivity index (χ3v) is 2.99. The molecule has 1 aromatic heterocycles. The lowest BCUT2D eigenvalue weighted by molar-refractivity contribution is -0.141. The van der Waals surface area contributed by atoms with Gasteiger partial charge < -0.3 is 0 Å². The maximum Gasteiger partial charge on any atom is 0.433 e. The number of alkyl halides is 3. The van der Waals surface area contributed by atoms with E-state index in [-0.39, 0.29) is 23.1 Å². The predicted molar refractivity (Wildman–Crippen MR) is 62.0 cm³/mol. The number of nitrogens with zero attached hydrogens (tertiary/aromatic N) is 1. The van der Waals surface area contributed by atoms with Gasteiger partial charge >= 0.3 is 6.18 Å². The fourth-order valence-corrected chi connectivity index (χ4v) is 1.68. The molecule has 1 aromatic rings. The highest BCUT2D eigenvalue weighted by Gasteiger charge is 2.35. The normalized spacial score (nSPS) is 14.1. The van der Waals surface area contributed by atoms with Crippen LogP contribution in [0.3, 0.4) is 0 Å². The van der Waals surface area contributed by atoms with Gasteiger partial charge in [0.05, 0.1) is 5.69 Å². The van der Waals surface area contributed by atoms with Gasteiger partial charge in [0.15, 0.2) is 0 Å². The van der Waals surface area contributed by atoms with Crippen LogP contribution in [0.4, 0.5) is 17.6 Å². The van der Waals surface area contributed by atoms with E-state index in [1.165, 1.54) is 0 Å². The summed E-state index contributed by atoms with van der Waals surface area (Å²) in [6.07, 6.45) is -3.96. The summed E-state index contributed by atoms with van der Waals surface area (Å²) in [5.74, 6) is -1.24. The zero-order valence-corrected chi connectivity index (χ0v) is 10.9. The van der Waals surface area contributed by atoms with E-state index in [0.717, 1.165) is 6.07 Å². The molecule has 1 unspecified atom stereocenters. The van der Waals surface area contributed by atoms with Gasteiger partial charge in [-0.15, -0.1) is 0 Å². The summed E-state index contributed by atoms with van der Waals surface area (Å²) in [4.78, 5) is 3.42. The van der Waals surface area contributed by atoms with Crippen LogP contribution in [-0.4, -0.2) is 4.98 Å². The van der Waals surface area contributed by atoms with E-state index in [0.29, 0.717) is 6.42 Å². The SMILES string of the molecule is CCC(C)c1cc(C(F)(F)F)nc(C(C)C)c1F. The smallest absolute Gasteiger partial charge is 0.245 e. The molecule has 5 heteroatoms. The third kappa shape index (κ3) is 3.00. The van der Waals surface area contributed by atoms with Gasteiger partial charge in [0, 0.05) is 0 Å². The number of rotatable bonds is 3. The number of hydrogen-bond acceptors (Lipinski definition) is 1. The topological polar surface area (TPSA) is 12.9 Å². The summed E-state index contributed by atoms with van der Waals surface area (Å²) in [6, 6.07) is 0.829. The molecule has 1 atom stereocenters. The van der Waals surface area contributed by atoms with Crippen molar-refractivity contribution in [3.05, 3.63) is 28.8 Å². The molecule has 0 amide bonds. The van der Waals surface area contributed by atoms with E-state index >= 15 is 0 Å². The van der Waals surface area contributed by atoms with Crippen molar-refractivity contribution in [3.8, 4) is 0 Å². The minimum Gasteiger partial charge on any atom is -0.245 e. The van der Waals surface area contributed by atoms with Crippen molar-refractivity contribution >= 4 is 0 Å². The highest BCUT2D eigenvalue weighted by molar-refractivity contribution is 5.29. The summed E-state index contributed by atoms with van der Waals surface area (Å²) in [7, 11) is 0. The molecular weight excluding hydrogens is 246 g/mol. The summed E-state index contributed by atoms with van der Waals surface area (Å²) in [5.41, 5.74) is -1.02. The first-order valence-electron chi connectivity index (χ1n) is 5.96. The van der Waals surface area contributed by atoms with Gasteiger partial charge in [0.1, 0.15) is 11.5 Å². The van der Waals surface area contributed by atoms with Crippen LogP contribution in [-0.2, 0) is 6.18 Å². The zero-order chi connectivity index (χ0) is 14.1. The lowest BCUT2D eigenvalue weighted by Crippen LogP contribution is -2.14. The van der Waals surface area contributed by atoms with Crippen molar-refractivity contribution in [2.24, 2.45) is 0 Å². The van der Waals surface area contributed by atoms with Crippen molar-refractivity contribution in [3.63, 3.8) is 0 Å². The Kier molecular flexibility index (Phi) is 4.35. The molecule has 102 valence electrons. The van der Waals surface area contributed by atoms with Crippen molar-refractivity contribution in [2.75, 3.05) is 0 Å². The molecule has 1 nitrogen and oxygen atoms in total. The Balaban J connectivity index is 3.47. The summed E-state index contributed by atoms with van der Waals surface area (Å²) in [5, 5.41) is 0. The van der Waals surface area contributed by atoms with Crippen molar-refractivity contribution in [1.29, 1.82) is 0 Å². The maximum absolute atomic E-state index is 14.1. The second kappa shape index (κ2) is 5.24. The summed E-state index contributed by atoms with van der Waals surface area (Å²) in [6.45, 7) is 6.79. The van der Waals surface area contributed by atoms with Gasteiger partial charge in [0.2, 0.25) is 0 Å². The second-order valence-electron chi connectivity index (χ2n) is 4.76. The molecule has 0 aliphatic rings. The molecule has 0 saturated heterocycles. The fourth-order valence-electron chi connectivity index (χ4n) is 1.68. The van der Waals surface area contributed by atoms with Crippen molar-refractivity contribution < 1.29 is 17.6 Å². The van der Waals surface area contributed by atoms with Crippen LogP contribution in [0, 0.1) is 5.82 Å². The number of hydrogen-bond donors (Lipinski definition) is 0. The second-order valence-corrected chi connectivity index (χ2v) is 4.76. The first-order valence-corrected chi connectivity index (χ1v) is 5.96. The maximum atomic E-state index is 14.1. The van der Waals surface area contributed by atoms with E-state index in [2.05, 4.69) is 4.98 Å². The molecule has 0 fully saturated rings. The number of aromatic nitrogens is 1. The van der Waals surface area contributed by atoms with Crippen LogP contribution in [0.2, 0.25) is 0 Å². The van der Waals surface area contributed by atoms with Crippen LogP contribution >= 0.6 is 0 Å². The molecule has 0 aromatic carbocycles. The molecule has 1 rings (SSSR count). The van der Waals surface area contributed by atoms with E-state index in [9.17, 15) is 17.6 Å². The molecule has 0 bridgehead atoms. The Morgan fingerprint density at radius 3 is 2.17 bits per heavy atom. The van der Waals surface area contributed by atoms with E-state index in [1.807, 2.05) is 6.92 Å². The Labute approximate surface area is 104 Å². The minimum atomic E-state index is -4.54. The monoisotopic (exact) mass is 263 g/mol. The fraction of sp³-hybridized carbons (Fsp3) is 0.615. The highest BCUT2D eigenvalue weighted by atomic mass is 19.4. The molecule has 1 heterocycles. The van der Waals surface area contributed by atoms with E-state index in [1.54, 1.807) is 20.8 Å². The van der Waals surface area contributed by atoms with Crippen molar-refractivity contribution in [1.82, 2.24) is 4.98 Å². The molecule has 0 aliphatic carbocycles. The highest BCUT2D eigenvalue weighted by Crippen LogP contribution is 2.34. The van der Waals surface area contributed by atoms with Gasteiger partial charge in [-0.1, -0.05) is 27.7 Å². The van der Waals surface area contributed by atoms with Gasteiger partial charge in [-0.2, -0.15) is 13.2 Å². The van der Waals surface area contributed by atoms with Crippen LogP contribution in [0.15, 0.2) is 6.07 Å². The average molecular weight is 263 g/mol. The van der Waals surface area contributed by atoms with Crippen LogP contribution in [0.5, 0.6) is 0 Å². The van der Waals surface area contributed by atoms with Crippen molar-refractivity contribution in [2.45, 2.75) is 52.1 Å². The van der Waals surface area contributed by atoms with Crippen LogP contribution in [0.25, 0.3) is 0 Å². The Bertz CT molecular complexity index is 424. The Morgan fingerprint density at radius 2 is 1.78 bits per heavy atom. The predicted octanol–water partition coefficient (Wildman–Crippen LogP) is 4.88. The standard InChI is InChI=1S/C13H17F4N/c1-5-8(4)9-6-10(13(15,16)17)18-12(7(2)3)11(9)14/h6-8H,5H2,1-4H3. The Hall–Kier alpha value is -1.13. The Morgan fingerprint density at radius 1 is 1.22 bits per heavy atom. The van der Waals surface area contributed by atoms with Gasteiger partial charge in [-0.05, 0) is 29.9 Å². The lowest BCUT2D eigenvalue weighted by atomic mass is 9.95. The largest absolute Gasteiger partial charge is 0.433 e. The van der Waals surface area contributed by atoms with Crippen LogP contribution < -0.4 is 0 Å². The molecule has 0 aliphatic heterocycles. The zero-order valence-electron chi connectivity index (χ0n) is 10.9. The quantitative estimate of drug-likeness (QED) is 0.708. The minimum absolute atomic E-state index is 0.100. The van der Waals surface area contributed by atoms with Gasteiger partial charge in [-0.3, -0.25) is 0 Å². The molecule has 0 saturated carbocycles. The number of halogens is 4. The average Bonchev–Trinajstić information content (AvgIpc) is 2.26. The summed E-state index contributed by atoms with van der Waals surface area (Å²) < 4.78 is 52.3. The number of pyridine rings is 1. The van der Waals surface area contributed by atoms with E-state index < -0.39 is 17.7 Å². The third-order valence-electron chi connectivity index (χ3n) is 2.99. The first-order chi connectivity index (χ1) is 8.18. The lowest BCUT2D eigenvalue weighted by Gasteiger charge is -2.17. The van der Waals surface area contributed by atoms with Gasteiger partial charge in [0.25, 0.3) is 0 Å². The summed E-state index contributed by atoms with van der Waals surface area (Å²) >= 11 is 0. The van der Waals surface area contributed by atoms with E-state index in [4.69, 9.17) is 0 Å². The molecular formula is C13H17F4N. The molecule has 18 heavy (non-hydrogen) atoms. The molecule has 0 radical (unpaired) electrons. The molecule has 0 spiro atoms. The molecule has 0 N–H and O–H groups in total.